The number of aliphatic imine (C=N–C) groups is 1. The summed E-state index contributed by atoms with van der Waals surface area (Å²) in [7, 11) is 0. The van der Waals surface area contributed by atoms with Crippen LogP contribution in [0.5, 0.6) is 0 Å². The zero-order valence-electron chi connectivity index (χ0n) is 13.0. The molecule has 5 heteroatoms. The van der Waals surface area contributed by atoms with Gasteiger partial charge in [0.05, 0.1) is 13.2 Å². The summed E-state index contributed by atoms with van der Waals surface area (Å²) in [6.45, 7) is 12.3. The molecule has 1 unspecified atom stereocenters. The summed E-state index contributed by atoms with van der Waals surface area (Å²) in [4.78, 5) is 7.20. The van der Waals surface area contributed by atoms with Crippen LogP contribution >= 0.6 is 0 Å². The zero-order valence-corrected chi connectivity index (χ0v) is 13.0. The van der Waals surface area contributed by atoms with Gasteiger partial charge in [0.25, 0.3) is 0 Å². The first-order valence-corrected chi connectivity index (χ1v) is 8.10. The van der Waals surface area contributed by atoms with E-state index in [0.29, 0.717) is 5.92 Å². The van der Waals surface area contributed by atoms with Crippen molar-refractivity contribution in [3.63, 3.8) is 0 Å². The lowest BCUT2D eigenvalue weighted by Gasteiger charge is -2.28. The molecule has 0 amide bonds. The first-order chi connectivity index (χ1) is 9.78. The normalized spacial score (nSPS) is 22.6. The third-order valence-electron chi connectivity index (χ3n) is 3.83. The van der Waals surface area contributed by atoms with Gasteiger partial charge < -0.3 is 15.4 Å². The van der Waals surface area contributed by atoms with E-state index in [-0.39, 0.29) is 0 Å². The van der Waals surface area contributed by atoms with Gasteiger partial charge in [0.15, 0.2) is 5.96 Å². The average molecular weight is 282 g/mol. The Kier molecular flexibility index (Phi) is 6.60. The third kappa shape index (κ3) is 6.09. The van der Waals surface area contributed by atoms with Gasteiger partial charge in [-0.3, -0.25) is 9.89 Å². The van der Waals surface area contributed by atoms with Crippen molar-refractivity contribution in [3.8, 4) is 0 Å². The van der Waals surface area contributed by atoms with E-state index >= 15 is 0 Å². The van der Waals surface area contributed by atoms with E-state index in [1.54, 1.807) is 0 Å². The number of nitrogens with one attached hydrogen (secondary N) is 2. The highest BCUT2D eigenvalue weighted by atomic mass is 16.5. The number of guanidine groups is 1. The maximum absolute atomic E-state index is 5.38. The van der Waals surface area contributed by atoms with Gasteiger partial charge >= 0.3 is 0 Å². The average Bonchev–Trinajstić information content (AvgIpc) is 3.27. The van der Waals surface area contributed by atoms with Gasteiger partial charge in [0, 0.05) is 39.3 Å². The van der Waals surface area contributed by atoms with Crippen molar-refractivity contribution < 1.29 is 4.74 Å². The third-order valence-corrected chi connectivity index (χ3v) is 3.83. The molecule has 1 aliphatic carbocycles. The predicted octanol–water partition coefficient (Wildman–Crippen LogP) is 0.920. The molecule has 2 fully saturated rings. The molecule has 2 N–H and O–H groups in total. The van der Waals surface area contributed by atoms with E-state index in [2.05, 4.69) is 29.4 Å². The van der Waals surface area contributed by atoms with Crippen molar-refractivity contribution in [1.29, 1.82) is 0 Å². The Morgan fingerprint density at radius 1 is 1.30 bits per heavy atom. The second kappa shape index (κ2) is 8.47. The summed E-state index contributed by atoms with van der Waals surface area (Å²) in [5, 5.41) is 6.78. The molecule has 1 aliphatic heterocycles. The molecule has 1 atom stereocenters. The van der Waals surface area contributed by atoms with Gasteiger partial charge in [-0.05, 0) is 31.6 Å². The van der Waals surface area contributed by atoms with Gasteiger partial charge in [-0.25, -0.2) is 0 Å². The van der Waals surface area contributed by atoms with Crippen molar-refractivity contribution in [1.82, 2.24) is 15.5 Å². The predicted molar refractivity (Wildman–Crippen MR) is 83.1 cm³/mol. The molecule has 1 saturated heterocycles. The second-order valence-corrected chi connectivity index (χ2v) is 6.06. The Labute approximate surface area is 123 Å². The highest BCUT2D eigenvalue weighted by Crippen LogP contribution is 2.27. The number of hydrogen-bond acceptors (Lipinski definition) is 3. The Hall–Kier alpha value is -0.810. The molecular weight excluding hydrogens is 252 g/mol. The molecule has 0 radical (unpaired) electrons. The monoisotopic (exact) mass is 282 g/mol. The molecule has 1 heterocycles. The number of morpholine rings is 1. The lowest BCUT2D eigenvalue weighted by molar-refractivity contribution is 0.0323. The van der Waals surface area contributed by atoms with E-state index in [1.165, 1.54) is 12.8 Å². The van der Waals surface area contributed by atoms with E-state index in [4.69, 9.17) is 9.73 Å². The van der Waals surface area contributed by atoms with Crippen LogP contribution in [-0.2, 0) is 4.74 Å². The van der Waals surface area contributed by atoms with E-state index in [9.17, 15) is 0 Å². The van der Waals surface area contributed by atoms with E-state index in [0.717, 1.165) is 64.4 Å². The molecule has 0 aromatic carbocycles. The minimum absolute atomic E-state index is 0.587. The molecule has 0 spiro atoms. The summed E-state index contributed by atoms with van der Waals surface area (Å²) < 4.78 is 5.38. The molecule has 1 saturated carbocycles. The maximum atomic E-state index is 5.38. The van der Waals surface area contributed by atoms with Crippen LogP contribution in [0.4, 0.5) is 0 Å². The van der Waals surface area contributed by atoms with Gasteiger partial charge in [-0.1, -0.05) is 6.92 Å². The Morgan fingerprint density at radius 3 is 2.70 bits per heavy atom. The summed E-state index contributed by atoms with van der Waals surface area (Å²) in [5.41, 5.74) is 0. The lowest BCUT2D eigenvalue weighted by Crippen LogP contribution is -2.40. The van der Waals surface area contributed by atoms with Gasteiger partial charge in [0.1, 0.15) is 0 Å². The van der Waals surface area contributed by atoms with Crippen LogP contribution in [0.25, 0.3) is 0 Å². The molecule has 0 aromatic heterocycles. The highest BCUT2D eigenvalue weighted by molar-refractivity contribution is 5.79. The Morgan fingerprint density at radius 2 is 2.05 bits per heavy atom. The molecule has 2 rings (SSSR count). The van der Waals surface area contributed by atoms with Crippen molar-refractivity contribution in [2.45, 2.75) is 26.7 Å². The Balaban J connectivity index is 1.68. The second-order valence-electron chi connectivity index (χ2n) is 6.06. The molecule has 2 aliphatic rings. The fourth-order valence-corrected chi connectivity index (χ4v) is 2.43. The van der Waals surface area contributed by atoms with Crippen LogP contribution < -0.4 is 10.6 Å². The van der Waals surface area contributed by atoms with E-state index < -0.39 is 0 Å². The van der Waals surface area contributed by atoms with Gasteiger partial charge in [0.2, 0.25) is 0 Å². The molecular formula is C15H30N4O. The summed E-state index contributed by atoms with van der Waals surface area (Å²) >= 11 is 0. The van der Waals surface area contributed by atoms with Crippen molar-refractivity contribution in [3.05, 3.63) is 0 Å². The number of rotatable bonds is 7. The fourth-order valence-electron chi connectivity index (χ4n) is 2.43. The smallest absolute Gasteiger partial charge is 0.191 e. The van der Waals surface area contributed by atoms with Gasteiger partial charge in [-0.2, -0.15) is 0 Å². The maximum Gasteiger partial charge on any atom is 0.191 e. The number of nitrogens with zero attached hydrogens (tertiary/aromatic N) is 2. The number of ether oxygens (including phenoxy) is 1. The van der Waals surface area contributed by atoms with Crippen LogP contribution in [0, 0.1) is 11.8 Å². The molecule has 0 bridgehead atoms. The van der Waals surface area contributed by atoms with Crippen LogP contribution in [0.3, 0.4) is 0 Å². The van der Waals surface area contributed by atoms with Crippen LogP contribution in [0.2, 0.25) is 0 Å². The summed E-state index contributed by atoms with van der Waals surface area (Å²) in [6, 6.07) is 0. The lowest BCUT2D eigenvalue weighted by atomic mass is 10.1. The van der Waals surface area contributed by atoms with Crippen LogP contribution in [0.15, 0.2) is 4.99 Å². The first kappa shape index (κ1) is 15.6. The quantitative estimate of drug-likeness (QED) is 0.538. The van der Waals surface area contributed by atoms with E-state index in [1.807, 2.05) is 0 Å². The van der Waals surface area contributed by atoms with Crippen LogP contribution in [-0.4, -0.2) is 63.3 Å². The fraction of sp³-hybridized carbons (Fsp3) is 0.933. The first-order valence-electron chi connectivity index (χ1n) is 8.10. The summed E-state index contributed by atoms with van der Waals surface area (Å²) in [6.07, 6.45) is 2.75. The molecule has 116 valence electrons. The van der Waals surface area contributed by atoms with Crippen molar-refractivity contribution >= 4 is 5.96 Å². The molecule has 5 nitrogen and oxygen atoms in total. The molecule has 0 aromatic rings. The largest absolute Gasteiger partial charge is 0.379 e. The minimum Gasteiger partial charge on any atom is -0.379 e. The SMILES string of the molecule is CCNC(=NCC(C)CN1CCOCC1)NCC1CC1. The standard InChI is InChI=1S/C15H30N4O/c1-3-16-15(18-11-14-4-5-14)17-10-13(2)12-19-6-8-20-9-7-19/h13-14H,3-12H2,1-2H3,(H2,16,17,18). The van der Waals surface area contributed by atoms with Crippen molar-refractivity contribution in [2.75, 3.05) is 52.5 Å². The van der Waals surface area contributed by atoms with Crippen molar-refractivity contribution in [2.24, 2.45) is 16.8 Å². The Bertz CT molecular complexity index is 298. The molecule has 20 heavy (non-hydrogen) atoms. The summed E-state index contributed by atoms with van der Waals surface area (Å²) in [5.74, 6) is 2.45. The topological polar surface area (TPSA) is 48.9 Å². The van der Waals surface area contributed by atoms with Crippen LogP contribution in [0.1, 0.15) is 26.7 Å². The number of hydrogen-bond donors (Lipinski definition) is 2. The van der Waals surface area contributed by atoms with Gasteiger partial charge in [-0.15, -0.1) is 0 Å². The zero-order chi connectivity index (χ0) is 14.2. The minimum atomic E-state index is 0.587. The highest BCUT2D eigenvalue weighted by Gasteiger charge is 2.21.